The number of ether oxygens (including phenoxy) is 1. The summed E-state index contributed by atoms with van der Waals surface area (Å²) in [6.07, 6.45) is 4.26. The molecule has 0 bridgehead atoms. The highest BCUT2D eigenvalue weighted by molar-refractivity contribution is 5.27. The van der Waals surface area contributed by atoms with Gasteiger partial charge in [-0.25, -0.2) is 0 Å². The maximum absolute atomic E-state index is 5.86. The molecule has 0 amide bonds. The summed E-state index contributed by atoms with van der Waals surface area (Å²) in [5, 5.41) is 4.75. The maximum Gasteiger partial charge on any atom is 0.0756 e. The van der Waals surface area contributed by atoms with Gasteiger partial charge in [-0.3, -0.25) is 4.68 Å². The van der Waals surface area contributed by atoms with Gasteiger partial charge in [0.25, 0.3) is 0 Å². The first-order chi connectivity index (χ1) is 8.31. The summed E-state index contributed by atoms with van der Waals surface area (Å²) in [6, 6.07) is 0.407. The van der Waals surface area contributed by atoms with Crippen molar-refractivity contribution in [3.8, 4) is 0 Å². The van der Waals surface area contributed by atoms with Crippen LogP contribution in [0.25, 0.3) is 0 Å². The Morgan fingerprint density at radius 2 is 2.24 bits per heavy atom. The Morgan fingerprint density at radius 3 is 2.76 bits per heavy atom. The third-order valence-corrected chi connectivity index (χ3v) is 3.56. The molecule has 2 N–H and O–H groups in total. The fourth-order valence-electron chi connectivity index (χ4n) is 2.67. The van der Waals surface area contributed by atoms with E-state index in [1.54, 1.807) is 0 Å². The van der Waals surface area contributed by atoms with E-state index < -0.39 is 0 Å². The lowest BCUT2D eigenvalue weighted by molar-refractivity contribution is 0.0538. The lowest BCUT2D eigenvalue weighted by Gasteiger charge is -2.24. The van der Waals surface area contributed by atoms with Gasteiger partial charge in [-0.05, 0) is 25.7 Å². The molecule has 1 aromatic heterocycles. The van der Waals surface area contributed by atoms with Crippen LogP contribution in [0.15, 0.2) is 0 Å². The van der Waals surface area contributed by atoms with Gasteiger partial charge in [-0.2, -0.15) is 5.10 Å². The molecule has 1 fully saturated rings. The van der Waals surface area contributed by atoms with Crippen LogP contribution in [0.1, 0.15) is 49.7 Å². The number of nitrogens with two attached hydrogens (primary N) is 1. The van der Waals surface area contributed by atoms with Crippen molar-refractivity contribution in [2.45, 2.75) is 52.1 Å². The predicted molar refractivity (Wildman–Crippen MR) is 68.0 cm³/mol. The second-order valence-electron chi connectivity index (χ2n) is 4.60. The Hall–Kier alpha value is -0.870. The molecule has 4 heteroatoms. The van der Waals surface area contributed by atoms with Crippen molar-refractivity contribution >= 4 is 0 Å². The molecule has 0 aliphatic carbocycles. The summed E-state index contributed by atoms with van der Waals surface area (Å²) in [7, 11) is 0. The molecule has 1 atom stereocenters. The van der Waals surface area contributed by atoms with E-state index >= 15 is 0 Å². The highest BCUT2D eigenvalue weighted by atomic mass is 16.5. The number of rotatable bonds is 4. The summed E-state index contributed by atoms with van der Waals surface area (Å²) in [4.78, 5) is 0. The van der Waals surface area contributed by atoms with Crippen LogP contribution in [-0.4, -0.2) is 23.0 Å². The Bertz CT molecular complexity index is 367. The molecule has 2 rings (SSSR count). The lowest BCUT2D eigenvalue weighted by atomic mass is 10.1. The minimum absolute atomic E-state index is 0.407. The van der Waals surface area contributed by atoms with Gasteiger partial charge in [0.1, 0.15) is 0 Å². The van der Waals surface area contributed by atoms with Crippen molar-refractivity contribution < 1.29 is 4.74 Å². The smallest absolute Gasteiger partial charge is 0.0756 e. The van der Waals surface area contributed by atoms with E-state index in [1.165, 1.54) is 17.7 Å². The van der Waals surface area contributed by atoms with Gasteiger partial charge < -0.3 is 10.5 Å². The minimum Gasteiger partial charge on any atom is -0.379 e. The predicted octanol–water partition coefficient (Wildman–Crippen LogP) is 1.82. The molecule has 0 radical (unpaired) electrons. The lowest BCUT2D eigenvalue weighted by Crippen LogP contribution is -2.24. The number of hydrogen-bond acceptors (Lipinski definition) is 3. The Morgan fingerprint density at radius 1 is 1.41 bits per heavy atom. The molecule has 2 heterocycles. The molecule has 1 aliphatic heterocycles. The van der Waals surface area contributed by atoms with Crippen LogP contribution in [0.2, 0.25) is 0 Å². The van der Waals surface area contributed by atoms with Crippen molar-refractivity contribution in [2.24, 2.45) is 5.73 Å². The molecule has 0 saturated carbocycles. The van der Waals surface area contributed by atoms with E-state index in [2.05, 4.69) is 18.5 Å². The van der Waals surface area contributed by atoms with E-state index in [0.29, 0.717) is 12.6 Å². The van der Waals surface area contributed by atoms with Crippen LogP contribution in [0.4, 0.5) is 0 Å². The molecule has 96 valence electrons. The third kappa shape index (κ3) is 2.38. The zero-order valence-electron chi connectivity index (χ0n) is 10.9. The van der Waals surface area contributed by atoms with Gasteiger partial charge in [0.2, 0.25) is 0 Å². The molecule has 1 aromatic rings. The van der Waals surface area contributed by atoms with Crippen LogP contribution in [0.3, 0.4) is 0 Å². The fraction of sp³-hybridized carbons (Fsp3) is 0.769. The van der Waals surface area contributed by atoms with Gasteiger partial charge in [0.15, 0.2) is 0 Å². The van der Waals surface area contributed by atoms with Gasteiger partial charge in [-0.15, -0.1) is 0 Å². The average molecular weight is 237 g/mol. The minimum atomic E-state index is 0.407. The number of hydrogen-bond donors (Lipinski definition) is 1. The maximum atomic E-state index is 5.86. The third-order valence-electron chi connectivity index (χ3n) is 3.56. The summed E-state index contributed by atoms with van der Waals surface area (Å²) >= 11 is 0. The van der Waals surface area contributed by atoms with Crippen molar-refractivity contribution in [1.82, 2.24) is 9.78 Å². The highest BCUT2D eigenvalue weighted by Gasteiger charge is 2.22. The molecule has 0 spiro atoms. The molecule has 1 aliphatic rings. The number of aromatic nitrogens is 2. The van der Waals surface area contributed by atoms with E-state index in [9.17, 15) is 0 Å². The largest absolute Gasteiger partial charge is 0.379 e. The SMILES string of the molecule is CCc1nn(C2CCCOC2)c(CC)c1CN. The molecule has 0 aromatic carbocycles. The van der Waals surface area contributed by atoms with Crippen LogP contribution in [-0.2, 0) is 24.1 Å². The first-order valence-corrected chi connectivity index (χ1v) is 6.68. The van der Waals surface area contributed by atoms with Crippen molar-refractivity contribution in [2.75, 3.05) is 13.2 Å². The van der Waals surface area contributed by atoms with E-state index in [0.717, 1.165) is 38.2 Å². The summed E-state index contributed by atoms with van der Waals surface area (Å²) in [6.45, 7) is 6.60. The standard InChI is InChI=1S/C13H23N3O/c1-3-12-11(8-14)13(4-2)16(15-12)10-6-5-7-17-9-10/h10H,3-9,14H2,1-2H3. The molecule has 1 saturated heterocycles. The van der Waals surface area contributed by atoms with Crippen LogP contribution < -0.4 is 5.73 Å². The van der Waals surface area contributed by atoms with Crippen LogP contribution >= 0.6 is 0 Å². The molecular formula is C13H23N3O. The zero-order chi connectivity index (χ0) is 12.3. The first-order valence-electron chi connectivity index (χ1n) is 6.68. The Kier molecular flexibility index (Phi) is 4.18. The van der Waals surface area contributed by atoms with Crippen LogP contribution in [0.5, 0.6) is 0 Å². The second kappa shape index (κ2) is 5.65. The van der Waals surface area contributed by atoms with E-state index in [-0.39, 0.29) is 0 Å². The summed E-state index contributed by atoms with van der Waals surface area (Å²) < 4.78 is 7.74. The van der Waals surface area contributed by atoms with E-state index in [1.807, 2.05) is 0 Å². The van der Waals surface area contributed by atoms with E-state index in [4.69, 9.17) is 15.6 Å². The van der Waals surface area contributed by atoms with Crippen molar-refractivity contribution in [3.63, 3.8) is 0 Å². The van der Waals surface area contributed by atoms with Gasteiger partial charge in [0, 0.05) is 24.4 Å². The molecule has 17 heavy (non-hydrogen) atoms. The van der Waals surface area contributed by atoms with Gasteiger partial charge >= 0.3 is 0 Å². The molecule has 1 unspecified atom stereocenters. The highest BCUT2D eigenvalue weighted by Crippen LogP contribution is 2.25. The molecule has 4 nitrogen and oxygen atoms in total. The van der Waals surface area contributed by atoms with Crippen LogP contribution in [0, 0.1) is 0 Å². The Balaban J connectivity index is 2.34. The van der Waals surface area contributed by atoms with Crippen molar-refractivity contribution in [1.29, 1.82) is 0 Å². The monoisotopic (exact) mass is 237 g/mol. The summed E-state index contributed by atoms with van der Waals surface area (Å²) in [5.74, 6) is 0. The Labute approximate surface area is 103 Å². The van der Waals surface area contributed by atoms with Gasteiger partial charge in [-0.1, -0.05) is 13.8 Å². The number of aryl methyl sites for hydroxylation is 1. The number of nitrogens with zero attached hydrogens (tertiary/aromatic N) is 2. The normalized spacial score (nSPS) is 20.8. The summed E-state index contributed by atoms with van der Waals surface area (Å²) in [5.41, 5.74) is 9.58. The fourth-order valence-corrected chi connectivity index (χ4v) is 2.67. The topological polar surface area (TPSA) is 53.1 Å². The van der Waals surface area contributed by atoms with Crippen molar-refractivity contribution in [3.05, 3.63) is 17.0 Å². The first kappa shape index (κ1) is 12.6. The average Bonchev–Trinajstić information content (AvgIpc) is 2.77. The zero-order valence-corrected chi connectivity index (χ0v) is 10.9. The quantitative estimate of drug-likeness (QED) is 0.869. The molecular weight excluding hydrogens is 214 g/mol. The second-order valence-corrected chi connectivity index (χ2v) is 4.60. The van der Waals surface area contributed by atoms with Gasteiger partial charge in [0.05, 0.1) is 18.3 Å².